The molecule has 3 rings (SSSR count). The molecule has 1 aliphatic rings. The summed E-state index contributed by atoms with van der Waals surface area (Å²) in [6.45, 7) is 5.77. The minimum Gasteiger partial charge on any atom is -0.371 e. The summed E-state index contributed by atoms with van der Waals surface area (Å²) in [6, 6.07) is 10.4. The second-order valence-corrected chi connectivity index (χ2v) is 7.95. The Morgan fingerprint density at radius 1 is 1.03 bits per heavy atom. The van der Waals surface area contributed by atoms with Gasteiger partial charge in [0.1, 0.15) is 0 Å². The number of urea groups is 1. The number of carbonyl (C=O) groups excluding carboxylic acids is 2. The van der Waals surface area contributed by atoms with Gasteiger partial charge in [0.15, 0.2) is 0 Å². The third-order valence-electron chi connectivity index (χ3n) is 5.52. The van der Waals surface area contributed by atoms with Crippen LogP contribution in [0.25, 0.3) is 0 Å². The first kappa shape index (κ1) is 23.1. The van der Waals surface area contributed by atoms with Crippen molar-refractivity contribution in [1.82, 2.24) is 5.32 Å². The molecule has 9 heteroatoms. The number of nitrogens with zero attached hydrogens (tertiary/aromatic N) is 2. The normalized spacial score (nSPS) is 14.4. The molecule has 1 saturated heterocycles. The Morgan fingerprint density at radius 2 is 1.66 bits per heavy atom. The van der Waals surface area contributed by atoms with Gasteiger partial charge >= 0.3 is 6.03 Å². The summed E-state index contributed by atoms with van der Waals surface area (Å²) >= 11 is 0. The number of hydrogen-bond acceptors (Lipinski definition) is 5. The summed E-state index contributed by atoms with van der Waals surface area (Å²) in [6.07, 6.45) is 4.18. The lowest BCUT2D eigenvalue weighted by atomic mass is 10.1. The largest absolute Gasteiger partial charge is 0.371 e. The monoisotopic (exact) mass is 439 g/mol. The molecule has 9 nitrogen and oxygen atoms in total. The molecule has 0 bridgehead atoms. The van der Waals surface area contributed by atoms with Crippen LogP contribution in [-0.2, 0) is 0 Å². The Bertz CT molecular complexity index is 971. The SMILES string of the molecule is CCC(C)NC(=O)c1cc(NC(=O)Nc2ccc([N+](=O)[O-])cc2)ccc1N1CCCCC1. The number of rotatable bonds is 7. The highest BCUT2D eigenvalue weighted by molar-refractivity contribution is 6.04. The van der Waals surface area contributed by atoms with Gasteiger partial charge in [-0.1, -0.05) is 6.92 Å². The molecule has 32 heavy (non-hydrogen) atoms. The van der Waals surface area contributed by atoms with Crippen LogP contribution in [0.1, 0.15) is 49.9 Å². The molecule has 0 radical (unpaired) electrons. The van der Waals surface area contributed by atoms with Crippen LogP contribution < -0.4 is 20.9 Å². The molecule has 0 spiro atoms. The molecule has 3 N–H and O–H groups in total. The van der Waals surface area contributed by atoms with Gasteiger partial charge in [-0.05, 0) is 62.9 Å². The number of nitro groups is 1. The average molecular weight is 440 g/mol. The van der Waals surface area contributed by atoms with E-state index in [1.54, 1.807) is 12.1 Å². The zero-order valence-corrected chi connectivity index (χ0v) is 18.4. The Morgan fingerprint density at radius 3 is 2.28 bits per heavy atom. The zero-order valence-electron chi connectivity index (χ0n) is 18.4. The predicted molar refractivity (Wildman–Crippen MR) is 125 cm³/mol. The van der Waals surface area contributed by atoms with Gasteiger partial charge in [-0.25, -0.2) is 4.79 Å². The van der Waals surface area contributed by atoms with E-state index < -0.39 is 11.0 Å². The highest BCUT2D eigenvalue weighted by atomic mass is 16.6. The fourth-order valence-corrected chi connectivity index (χ4v) is 3.57. The van der Waals surface area contributed by atoms with E-state index in [1.165, 1.54) is 30.7 Å². The molecule has 0 saturated carbocycles. The van der Waals surface area contributed by atoms with Crippen molar-refractivity contribution in [2.45, 2.75) is 45.6 Å². The van der Waals surface area contributed by atoms with Crippen LogP contribution >= 0.6 is 0 Å². The lowest BCUT2D eigenvalue weighted by Crippen LogP contribution is -2.35. The number of hydrogen-bond donors (Lipinski definition) is 3. The van der Waals surface area contributed by atoms with E-state index in [0.29, 0.717) is 16.9 Å². The molecule has 0 aliphatic carbocycles. The summed E-state index contributed by atoms with van der Waals surface area (Å²) in [5, 5.41) is 19.2. The lowest BCUT2D eigenvalue weighted by molar-refractivity contribution is -0.384. The van der Waals surface area contributed by atoms with Crippen molar-refractivity contribution < 1.29 is 14.5 Å². The van der Waals surface area contributed by atoms with E-state index in [2.05, 4.69) is 20.9 Å². The Labute approximate surface area is 187 Å². The van der Waals surface area contributed by atoms with Crippen LogP contribution in [0.5, 0.6) is 0 Å². The smallest absolute Gasteiger partial charge is 0.323 e. The van der Waals surface area contributed by atoms with Crippen LogP contribution in [0, 0.1) is 10.1 Å². The van der Waals surface area contributed by atoms with Crippen LogP contribution in [0.15, 0.2) is 42.5 Å². The fraction of sp³-hybridized carbons (Fsp3) is 0.391. The summed E-state index contributed by atoms with van der Waals surface area (Å²) in [7, 11) is 0. The highest BCUT2D eigenvalue weighted by Crippen LogP contribution is 2.27. The third-order valence-corrected chi connectivity index (χ3v) is 5.52. The Balaban J connectivity index is 1.76. The maximum absolute atomic E-state index is 13.0. The first-order valence-corrected chi connectivity index (χ1v) is 10.9. The van der Waals surface area contributed by atoms with Gasteiger partial charge in [-0.2, -0.15) is 0 Å². The second kappa shape index (κ2) is 10.6. The molecule has 2 aromatic carbocycles. The maximum atomic E-state index is 13.0. The molecule has 1 atom stereocenters. The molecular formula is C23H29N5O4. The van der Waals surface area contributed by atoms with Crippen LogP contribution in [0.3, 0.4) is 0 Å². The van der Waals surface area contributed by atoms with Gasteiger partial charge in [-0.3, -0.25) is 14.9 Å². The van der Waals surface area contributed by atoms with Crippen molar-refractivity contribution in [3.05, 3.63) is 58.1 Å². The average Bonchev–Trinajstić information content (AvgIpc) is 2.79. The van der Waals surface area contributed by atoms with Crippen molar-refractivity contribution in [1.29, 1.82) is 0 Å². The second-order valence-electron chi connectivity index (χ2n) is 7.95. The quantitative estimate of drug-likeness (QED) is 0.425. The number of non-ortho nitro benzene ring substituents is 1. The zero-order chi connectivity index (χ0) is 23.1. The number of piperidine rings is 1. The van der Waals surface area contributed by atoms with Crippen molar-refractivity contribution in [3.8, 4) is 0 Å². The van der Waals surface area contributed by atoms with Crippen molar-refractivity contribution in [2.75, 3.05) is 28.6 Å². The molecule has 1 aliphatic heterocycles. The molecule has 170 valence electrons. The number of anilines is 3. The number of carbonyl (C=O) groups is 2. The summed E-state index contributed by atoms with van der Waals surface area (Å²) in [5.41, 5.74) is 2.25. The first-order chi connectivity index (χ1) is 15.4. The summed E-state index contributed by atoms with van der Waals surface area (Å²) in [4.78, 5) is 37.9. The van der Waals surface area contributed by atoms with Gasteiger partial charge < -0.3 is 20.9 Å². The number of nitro benzene ring substituents is 1. The minimum atomic E-state index is -0.502. The van der Waals surface area contributed by atoms with Gasteiger partial charge in [0, 0.05) is 48.3 Å². The summed E-state index contributed by atoms with van der Waals surface area (Å²) < 4.78 is 0. The molecule has 2 aromatic rings. The number of amides is 3. The molecule has 1 fully saturated rings. The van der Waals surface area contributed by atoms with E-state index in [0.717, 1.165) is 38.0 Å². The first-order valence-electron chi connectivity index (χ1n) is 10.9. The van der Waals surface area contributed by atoms with Crippen LogP contribution in [0.4, 0.5) is 27.5 Å². The molecule has 1 heterocycles. The van der Waals surface area contributed by atoms with Crippen molar-refractivity contribution in [2.24, 2.45) is 0 Å². The van der Waals surface area contributed by atoms with E-state index >= 15 is 0 Å². The van der Waals surface area contributed by atoms with E-state index in [-0.39, 0.29) is 17.6 Å². The highest BCUT2D eigenvalue weighted by Gasteiger charge is 2.20. The predicted octanol–water partition coefficient (Wildman–Crippen LogP) is 4.76. The van der Waals surface area contributed by atoms with Gasteiger partial charge in [0.2, 0.25) is 0 Å². The standard InChI is InChI=1S/C23H29N5O4/c1-3-16(2)24-22(29)20-15-18(9-12-21(20)27-13-5-4-6-14-27)26-23(30)25-17-7-10-19(11-8-17)28(31)32/h7-12,15-16H,3-6,13-14H2,1-2H3,(H,24,29)(H2,25,26,30). The molecular weight excluding hydrogens is 410 g/mol. The number of benzene rings is 2. The van der Waals surface area contributed by atoms with Crippen LogP contribution in [0.2, 0.25) is 0 Å². The topological polar surface area (TPSA) is 117 Å². The minimum absolute atomic E-state index is 0.0405. The van der Waals surface area contributed by atoms with Crippen LogP contribution in [-0.4, -0.2) is 36.0 Å². The van der Waals surface area contributed by atoms with E-state index in [1.807, 2.05) is 19.9 Å². The number of nitrogens with one attached hydrogen (secondary N) is 3. The Kier molecular flexibility index (Phi) is 7.64. The van der Waals surface area contributed by atoms with Crippen molar-refractivity contribution in [3.63, 3.8) is 0 Å². The Hall–Kier alpha value is -3.62. The van der Waals surface area contributed by atoms with Gasteiger partial charge in [-0.15, -0.1) is 0 Å². The van der Waals surface area contributed by atoms with Gasteiger partial charge in [0.25, 0.3) is 11.6 Å². The molecule has 1 unspecified atom stereocenters. The molecule has 0 aromatic heterocycles. The molecule has 3 amide bonds. The maximum Gasteiger partial charge on any atom is 0.323 e. The summed E-state index contributed by atoms with van der Waals surface area (Å²) in [5.74, 6) is -0.167. The van der Waals surface area contributed by atoms with Crippen molar-refractivity contribution >= 4 is 34.7 Å². The third kappa shape index (κ3) is 5.96. The van der Waals surface area contributed by atoms with Gasteiger partial charge in [0.05, 0.1) is 10.5 Å². The fourth-order valence-electron chi connectivity index (χ4n) is 3.57. The van der Waals surface area contributed by atoms with E-state index in [4.69, 9.17) is 0 Å². The van der Waals surface area contributed by atoms with E-state index in [9.17, 15) is 19.7 Å². The lowest BCUT2D eigenvalue weighted by Gasteiger charge is -2.31.